The fraction of sp³-hybridized carbons (Fsp3) is 0.533. The predicted molar refractivity (Wildman–Crippen MR) is 76.1 cm³/mol. The minimum Gasteiger partial charge on any atom is -0.468 e. The highest BCUT2D eigenvalue weighted by molar-refractivity contribution is 5.19. The van der Waals surface area contributed by atoms with Gasteiger partial charge in [0, 0.05) is 11.3 Å². The van der Waals surface area contributed by atoms with Crippen molar-refractivity contribution in [1.82, 2.24) is 14.9 Å². The van der Waals surface area contributed by atoms with Crippen molar-refractivity contribution in [3.05, 3.63) is 41.4 Å². The van der Waals surface area contributed by atoms with E-state index in [-0.39, 0.29) is 0 Å². The van der Waals surface area contributed by atoms with Crippen LogP contribution in [0.3, 0.4) is 0 Å². The Labute approximate surface area is 114 Å². The summed E-state index contributed by atoms with van der Waals surface area (Å²) in [6.07, 6.45) is 3.66. The minimum absolute atomic E-state index is 0.650. The van der Waals surface area contributed by atoms with Crippen LogP contribution in [0, 0.1) is 19.8 Å². The first-order valence-corrected chi connectivity index (χ1v) is 6.82. The highest BCUT2D eigenvalue weighted by atomic mass is 16.3. The molecule has 0 aromatic carbocycles. The van der Waals surface area contributed by atoms with E-state index in [4.69, 9.17) is 4.42 Å². The standard InChI is InChI=1S/C15H23N3O/c1-11(2)7-16-8-15-14(5-6-19-15)9-18-10-17-12(3)13(18)4/h5-6,10-11,16H,7-9H2,1-4H3. The summed E-state index contributed by atoms with van der Waals surface area (Å²) >= 11 is 0. The Bertz CT molecular complexity index is 525. The fourth-order valence-electron chi connectivity index (χ4n) is 2.02. The quantitative estimate of drug-likeness (QED) is 0.869. The third-order valence-corrected chi connectivity index (χ3v) is 3.36. The molecule has 19 heavy (non-hydrogen) atoms. The van der Waals surface area contributed by atoms with Gasteiger partial charge in [-0.1, -0.05) is 13.8 Å². The number of imidazole rings is 1. The smallest absolute Gasteiger partial charge is 0.122 e. The summed E-state index contributed by atoms with van der Waals surface area (Å²) in [5.74, 6) is 1.67. The first-order chi connectivity index (χ1) is 9.08. The first kappa shape index (κ1) is 13.9. The zero-order valence-corrected chi connectivity index (χ0v) is 12.2. The molecule has 1 N–H and O–H groups in total. The maximum Gasteiger partial charge on any atom is 0.122 e. The lowest BCUT2D eigenvalue weighted by Crippen LogP contribution is -2.19. The summed E-state index contributed by atoms with van der Waals surface area (Å²) in [6.45, 7) is 11.1. The van der Waals surface area contributed by atoms with Crippen LogP contribution >= 0.6 is 0 Å². The molecule has 0 aliphatic carbocycles. The first-order valence-electron chi connectivity index (χ1n) is 6.82. The van der Waals surface area contributed by atoms with Crippen LogP contribution in [-0.4, -0.2) is 16.1 Å². The maximum atomic E-state index is 5.57. The van der Waals surface area contributed by atoms with E-state index in [9.17, 15) is 0 Å². The van der Waals surface area contributed by atoms with Crippen molar-refractivity contribution in [2.24, 2.45) is 5.92 Å². The number of nitrogens with one attached hydrogen (secondary N) is 1. The molecule has 0 radical (unpaired) electrons. The van der Waals surface area contributed by atoms with Gasteiger partial charge >= 0.3 is 0 Å². The van der Waals surface area contributed by atoms with Crippen LogP contribution in [0.1, 0.15) is 36.6 Å². The second-order valence-corrected chi connectivity index (χ2v) is 5.44. The maximum absolute atomic E-state index is 5.57. The largest absolute Gasteiger partial charge is 0.468 e. The molecule has 2 rings (SSSR count). The molecule has 0 bridgehead atoms. The summed E-state index contributed by atoms with van der Waals surface area (Å²) in [5.41, 5.74) is 3.52. The fourth-order valence-corrected chi connectivity index (χ4v) is 2.02. The van der Waals surface area contributed by atoms with Crippen molar-refractivity contribution >= 4 is 0 Å². The molecule has 4 nitrogen and oxygen atoms in total. The van der Waals surface area contributed by atoms with Crippen LogP contribution in [0.25, 0.3) is 0 Å². The van der Waals surface area contributed by atoms with Gasteiger partial charge in [0.2, 0.25) is 0 Å². The third kappa shape index (κ3) is 3.47. The highest BCUT2D eigenvalue weighted by Gasteiger charge is 2.09. The van der Waals surface area contributed by atoms with Crippen molar-refractivity contribution in [3.8, 4) is 0 Å². The van der Waals surface area contributed by atoms with Gasteiger partial charge in [0.15, 0.2) is 0 Å². The predicted octanol–water partition coefficient (Wildman–Crippen LogP) is 2.89. The summed E-state index contributed by atoms with van der Waals surface area (Å²) in [6, 6.07) is 2.04. The normalized spacial score (nSPS) is 11.4. The number of rotatable bonds is 6. The average molecular weight is 261 g/mol. The van der Waals surface area contributed by atoms with Gasteiger partial charge in [0.05, 0.1) is 31.4 Å². The molecule has 2 aromatic heterocycles. The van der Waals surface area contributed by atoms with Crippen molar-refractivity contribution < 1.29 is 4.42 Å². The number of hydrogen-bond donors (Lipinski definition) is 1. The van der Waals surface area contributed by atoms with Crippen LogP contribution in [0.5, 0.6) is 0 Å². The van der Waals surface area contributed by atoms with Crippen LogP contribution < -0.4 is 5.32 Å². The van der Waals surface area contributed by atoms with E-state index in [0.29, 0.717) is 5.92 Å². The Hall–Kier alpha value is -1.55. The molecule has 0 aliphatic rings. The molecule has 0 saturated carbocycles. The van der Waals surface area contributed by atoms with E-state index < -0.39 is 0 Å². The van der Waals surface area contributed by atoms with E-state index >= 15 is 0 Å². The second kappa shape index (κ2) is 6.06. The van der Waals surface area contributed by atoms with Gasteiger partial charge in [-0.2, -0.15) is 0 Å². The lowest BCUT2D eigenvalue weighted by molar-refractivity contribution is 0.459. The van der Waals surface area contributed by atoms with Crippen LogP contribution in [0.4, 0.5) is 0 Å². The minimum atomic E-state index is 0.650. The molecular formula is C15H23N3O. The molecule has 4 heteroatoms. The number of nitrogens with zero attached hydrogens (tertiary/aromatic N) is 2. The Morgan fingerprint density at radius 2 is 2.16 bits per heavy atom. The van der Waals surface area contributed by atoms with Gasteiger partial charge in [-0.05, 0) is 32.4 Å². The van der Waals surface area contributed by atoms with E-state index in [1.54, 1.807) is 6.26 Å². The Balaban J connectivity index is 2.01. The molecular weight excluding hydrogens is 238 g/mol. The lowest BCUT2D eigenvalue weighted by Gasteiger charge is -2.08. The van der Waals surface area contributed by atoms with Crippen molar-refractivity contribution in [1.29, 1.82) is 0 Å². The zero-order valence-electron chi connectivity index (χ0n) is 12.2. The molecule has 0 atom stereocenters. The summed E-state index contributed by atoms with van der Waals surface area (Å²) < 4.78 is 7.73. The monoisotopic (exact) mass is 261 g/mol. The molecule has 0 spiro atoms. The SMILES string of the molecule is Cc1ncn(Cc2ccoc2CNCC(C)C)c1C. The molecule has 0 amide bonds. The Morgan fingerprint density at radius 1 is 1.37 bits per heavy atom. The van der Waals surface area contributed by atoms with Crippen molar-refractivity contribution in [2.75, 3.05) is 6.54 Å². The number of hydrogen-bond acceptors (Lipinski definition) is 3. The molecule has 0 aliphatic heterocycles. The summed E-state index contributed by atoms with van der Waals surface area (Å²) in [5, 5.41) is 3.41. The van der Waals surface area contributed by atoms with Gasteiger partial charge in [-0.15, -0.1) is 0 Å². The number of aromatic nitrogens is 2. The van der Waals surface area contributed by atoms with Crippen LogP contribution in [-0.2, 0) is 13.1 Å². The van der Waals surface area contributed by atoms with E-state index in [2.05, 4.69) is 35.6 Å². The average Bonchev–Trinajstić information content (AvgIpc) is 2.91. The molecule has 2 aromatic rings. The summed E-state index contributed by atoms with van der Waals surface area (Å²) in [7, 11) is 0. The van der Waals surface area contributed by atoms with E-state index in [1.165, 1.54) is 11.3 Å². The number of furan rings is 1. The van der Waals surface area contributed by atoms with E-state index in [1.807, 2.05) is 19.3 Å². The van der Waals surface area contributed by atoms with Crippen molar-refractivity contribution in [3.63, 3.8) is 0 Å². The lowest BCUT2D eigenvalue weighted by atomic mass is 10.2. The second-order valence-electron chi connectivity index (χ2n) is 5.44. The summed E-state index contributed by atoms with van der Waals surface area (Å²) in [4.78, 5) is 4.33. The van der Waals surface area contributed by atoms with Crippen LogP contribution in [0.2, 0.25) is 0 Å². The Morgan fingerprint density at radius 3 is 2.79 bits per heavy atom. The molecule has 0 saturated heterocycles. The highest BCUT2D eigenvalue weighted by Crippen LogP contribution is 2.14. The number of aryl methyl sites for hydroxylation is 1. The van der Waals surface area contributed by atoms with E-state index in [0.717, 1.165) is 31.1 Å². The van der Waals surface area contributed by atoms with Gasteiger partial charge in [-0.25, -0.2) is 4.98 Å². The molecule has 104 valence electrons. The zero-order chi connectivity index (χ0) is 13.8. The molecule has 0 unspecified atom stereocenters. The van der Waals surface area contributed by atoms with Crippen molar-refractivity contribution in [2.45, 2.75) is 40.8 Å². The van der Waals surface area contributed by atoms with Gasteiger partial charge in [0.1, 0.15) is 5.76 Å². The molecule has 0 fully saturated rings. The van der Waals surface area contributed by atoms with Gasteiger partial charge < -0.3 is 14.3 Å². The van der Waals surface area contributed by atoms with Gasteiger partial charge in [-0.3, -0.25) is 0 Å². The Kier molecular flexibility index (Phi) is 4.43. The van der Waals surface area contributed by atoms with Gasteiger partial charge in [0.25, 0.3) is 0 Å². The third-order valence-electron chi connectivity index (χ3n) is 3.36. The van der Waals surface area contributed by atoms with Crippen LogP contribution in [0.15, 0.2) is 23.1 Å². The molecule has 2 heterocycles. The topological polar surface area (TPSA) is 43.0 Å².